The number of carbonyl (C=O) groups is 1. The predicted octanol–water partition coefficient (Wildman–Crippen LogP) is 2.90. The van der Waals surface area contributed by atoms with Gasteiger partial charge in [-0.05, 0) is 29.1 Å². The van der Waals surface area contributed by atoms with Crippen LogP contribution in [0.15, 0.2) is 47.2 Å². The second-order valence-electron chi connectivity index (χ2n) is 5.76. The van der Waals surface area contributed by atoms with Crippen LogP contribution >= 0.6 is 11.3 Å². The van der Waals surface area contributed by atoms with Gasteiger partial charge in [0.15, 0.2) is 0 Å². The van der Waals surface area contributed by atoms with Gasteiger partial charge >= 0.3 is 0 Å². The Morgan fingerprint density at radius 2 is 2.17 bits per heavy atom. The Bertz CT molecular complexity index is 845. The number of pyridine rings is 1. The van der Waals surface area contributed by atoms with Crippen molar-refractivity contribution in [2.75, 3.05) is 19.6 Å². The molecule has 0 unspecified atom stereocenters. The van der Waals surface area contributed by atoms with Crippen LogP contribution in [0.25, 0.3) is 22.2 Å². The zero-order valence-corrected chi connectivity index (χ0v) is 13.5. The molecular formula is C18H17N3OS. The van der Waals surface area contributed by atoms with E-state index in [2.05, 4.69) is 39.2 Å². The van der Waals surface area contributed by atoms with Crippen molar-refractivity contribution in [3.63, 3.8) is 0 Å². The fourth-order valence-corrected chi connectivity index (χ4v) is 3.64. The number of benzene rings is 1. The fraction of sp³-hybridized carbons (Fsp3) is 0.222. The van der Waals surface area contributed by atoms with Gasteiger partial charge in [0.1, 0.15) is 0 Å². The van der Waals surface area contributed by atoms with Crippen LogP contribution in [0, 0.1) is 0 Å². The van der Waals surface area contributed by atoms with Crippen molar-refractivity contribution in [3.05, 3.63) is 52.7 Å². The molecule has 1 aliphatic rings. The molecule has 1 aromatic carbocycles. The summed E-state index contributed by atoms with van der Waals surface area (Å²) >= 11 is 1.68. The van der Waals surface area contributed by atoms with Crippen molar-refractivity contribution in [2.45, 2.75) is 6.54 Å². The summed E-state index contributed by atoms with van der Waals surface area (Å²) < 4.78 is 0. The van der Waals surface area contributed by atoms with Gasteiger partial charge in [0.25, 0.3) is 0 Å². The first-order valence-corrected chi connectivity index (χ1v) is 8.64. The van der Waals surface area contributed by atoms with Gasteiger partial charge in [-0.1, -0.05) is 18.2 Å². The summed E-state index contributed by atoms with van der Waals surface area (Å²) in [7, 11) is 0. The Balaban J connectivity index is 1.76. The van der Waals surface area contributed by atoms with E-state index in [-0.39, 0.29) is 5.91 Å². The molecule has 0 spiro atoms. The van der Waals surface area contributed by atoms with Gasteiger partial charge in [-0.15, -0.1) is 0 Å². The molecule has 0 bridgehead atoms. The first kappa shape index (κ1) is 14.4. The van der Waals surface area contributed by atoms with Gasteiger partial charge in [-0.3, -0.25) is 9.69 Å². The lowest BCUT2D eigenvalue weighted by atomic mass is 10.0. The molecule has 0 aliphatic carbocycles. The van der Waals surface area contributed by atoms with Crippen molar-refractivity contribution in [1.82, 2.24) is 15.2 Å². The van der Waals surface area contributed by atoms with Crippen LogP contribution in [0.2, 0.25) is 0 Å². The van der Waals surface area contributed by atoms with E-state index in [4.69, 9.17) is 4.98 Å². The number of fused-ring (bicyclic) bond motifs is 1. The highest BCUT2D eigenvalue weighted by atomic mass is 32.1. The van der Waals surface area contributed by atoms with E-state index in [0.29, 0.717) is 13.1 Å². The van der Waals surface area contributed by atoms with E-state index in [1.165, 1.54) is 5.56 Å². The average molecular weight is 323 g/mol. The van der Waals surface area contributed by atoms with Crippen LogP contribution in [-0.2, 0) is 11.3 Å². The molecular weight excluding hydrogens is 306 g/mol. The Kier molecular flexibility index (Phi) is 3.81. The number of amides is 1. The van der Waals surface area contributed by atoms with Gasteiger partial charge in [0, 0.05) is 36.0 Å². The molecule has 3 aromatic rings. The first-order chi connectivity index (χ1) is 11.3. The summed E-state index contributed by atoms with van der Waals surface area (Å²) in [6, 6.07) is 12.5. The molecule has 1 N–H and O–H groups in total. The normalized spacial score (nSPS) is 15.7. The highest BCUT2D eigenvalue weighted by molar-refractivity contribution is 7.08. The zero-order chi connectivity index (χ0) is 15.6. The van der Waals surface area contributed by atoms with Crippen molar-refractivity contribution < 1.29 is 4.79 Å². The predicted molar refractivity (Wildman–Crippen MR) is 93.3 cm³/mol. The minimum Gasteiger partial charge on any atom is -0.354 e. The van der Waals surface area contributed by atoms with Gasteiger partial charge < -0.3 is 5.32 Å². The molecule has 116 valence electrons. The van der Waals surface area contributed by atoms with Crippen molar-refractivity contribution in [3.8, 4) is 11.3 Å². The summed E-state index contributed by atoms with van der Waals surface area (Å²) in [5.41, 5.74) is 4.36. The van der Waals surface area contributed by atoms with Crippen LogP contribution in [0.5, 0.6) is 0 Å². The van der Waals surface area contributed by atoms with E-state index >= 15 is 0 Å². The topological polar surface area (TPSA) is 45.2 Å². The third-order valence-electron chi connectivity index (χ3n) is 4.11. The number of carbonyl (C=O) groups excluding carboxylic acids is 1. The quantitative estimate of drug-likeness (QED) is 0.806. The van der Waals surface area contributed by atoms with E-state index in [1.54, 1.807) is 11.3 Å². The van der Waals surface area contributed by atoms with Crippen LogP contribution in [0.1, 0.15) is 5.56 Å². The lowest BCUT2D eigenvalue weighted by molar-refractivity contribution is -0.124. The molecule has 1 aliphatic heterocycles. The lowest BCUT2D eigenvalue weighted by Crippen LogP contribution is -2.47. The molecule has 1 fully saturated rings. The zero-order valence-electron chi connectivity index (χ0n) is 12.7. The molecule has 1 saturated heterocycles. The molecule has 2 aromatic heterocycles. The van der Waals surface area contributed by atoms with E-state index in [9.17, 15) is 4.79 Å². The number of thiophene rings is 1. The maximum Gasteiger partial charge on any atom is 0.234 e. The maximum absolute atomic E-state index is 11.6. The monoisotopic (exact) mass is 323 g/mol. The van der Waals surface area contributed by atoms with Crippen LogP contribution in [0.3, 0.4) is 0 Å². The summed E-state index contributed by atoms with van der Waals surface area (Å²) in [5.74, 6) is 0.0991. The lowest BCUT2D eigenvalue weighted by Gasteiger charge is -2.27. The van der Waals surface area contributed by atoms with Crippen LogP contribution in [0.4, 0.5) is 0 Å². The van der Waals surface area contributed by atoms with Crippen molar-refractivity contribution >= 4 is 28.1 Å². The second-order valence-corrected chi connectivity index (χ2v) is 6.54. The van der Waals surface area contributed by atoms with E-state index < -0.39 is 0 Å². The molecule has 0 radical (unpaired) electrons. The second kappa shape index (κ2) is 6.10. The Labute approximate surface area is 138 Å². The van der Waals surface area contributed by atoms with Crippen molar-refractivity contribution in [1.29, 1.82) is 0 Å². The Morgan fingerprint density at radius 1 is 1.26 bits per heavy atom. The van der Waals surface area contributed by atoms with Crippen LogP contribution in [-0.4, -0.2) is 35.4 Å². The fourth-order valence-electron chi connectivity index (χ4n) is 3.00. The Hall–Kier alpha value is -2.24. The number of hydrogen-bond acceptors (Lipinski definition) is 4. The maximum atomic E-state index is 11.6. The van der Waals surface area contributed by atoms with Gasteiger partial charge in [-0.25, -0.2) is 4.98 Å². The third kappa shape index (κ3) is 2.98. The Morgan fingerprint density at radius 3 is 3.00 bits per heavy atom. The highest BCUT2D eigenvalue weighted by Crippen LogP contribution is 2.28. The number of piperazine rings is 1. The SMILES string of the molecule is O=C1CN(Cc2cc3ccccc3nc2-c2ccsc2)CCN1. The standard InChI is InChI=1S/C18H17N3OS/c22-17-11-21(7-6-19-17)10-15-9-13-3-1-2-4-16(13)20-18(15)14-5-8-23-12-14/h1-5,8-9,12H,6-7,10-11H2,(H,19,22). The molecule has 4 nitrogen and oxygen atoms in total. The summed E-state index contributed by atoms with van der Waals surface area (Å²) in [6.07, 6.45) is 0. The van der Waals surface area contributed by atoms with Crippen LogP contribution < -0.4 is 5.32 Å². The number of hydrogen-bond donors (Lipinski definition) is 1. The molecule has 5 heteroatoms. The summed E-state index contributed by atoms with van der Waals surface area (Å²) in [6.45, 7) is 2.79. The number of aromatic nitrogens is 1. The largest absolute Gasteiger partial charge is 0.354 e. The average Bonchev–Trinajstić information content (AvgIpc) is 3.08. The summed E-state index contributed by atoms with van der Waals surface area (Å²) in [4.78, 5) is 18.7. The summed E-state index contributed by atoms with van der Waals surface area (Å²) in [5, 5.41) is 8.22. The van der Waals surface area contributed by atoms with E-state index in [1.807, 2.05) is 18.2 Å². The van der Waals surface area contributed by atoms with E-state index in [0.717, 1.165) is 35.2 Å². The smallest absolute Gasteiger partial charge is 0.234 e. The van der Waals surface area contributed by atoms with Gasteiger partial charge in [-0.2, -0.15) is 11.3 Å². The molecule has 4 rings (SSSR count). The van der Waals surface area contributed by atoms with Gasteiger partial charge in [0.05, 0.1) is 17.8 Å². The minimum atomic E-state index is 0.0991. The molecule has 1 amide bonds. The number of rotatable bonds is 3. The highest BCUT2D eigenvalue weighted by Gasteiger charge is 2.19. The molecule has 23 heavy (non-hydrogen) atoms. The molecule has 3 heterocycles. The number of nitrogens with zero attached hydrogens (tertiary/aromatic N) is 2. The number of nitrogens with one attached hydrogen (secondary N) is 1. The van der Waals surface area contributed by atoms with Crippen molar-refractivity contribution in [2.24, 2.45) is 0 Å². The minimum absolute atomic E-state index is 0.0991. The first-order valence-electron chi connectivity index (χ1n) is 7.70. The third-order valence-corrected chi connectivity index (χ3v) is 4.79. The van der Waals surface area contributed by atoms with Gasteiger partial charge in [0.2, 0.25) is 5.91 Å². The molecule has 0 atom stereocenters. The number of para-hydroxylation sites is 1. The molecule has 0 saturated carbocycles.